The van der Waals surface area contributed by atoms with Crippen molar-refractivity contribution in [3.63, 3.8) is 0 Å². The van der Waals surface area contributed by atoms with Crippen LogP contribution in [0.1, 0.15) is 27.9 Å². The third-order valence-corrected chi connectivity index (χ3v) is 4.88. The SMILES string of the molecule is O=C(O)Cc1ccccc1NC(=O)c1cn2c3c(cccc3c1=O)CCC2. The predicted octanol–water partition coefficient (Wildman–Crippen LogP) is 2.83. The fraction of sp³-hybridized carbons (Fsp3) is 0.190. The Kier molecular flexibility index (Phi) is 4.24. The smallest absolute Gasteiger partial charge is 0.307 e. The Morgan fingerprint density at radius 3 is 2.74 bits per heavy atom. The Bertz CT molecular complexity index is 1130. The fourth-order valence-corrected chi connectivity index (χ4v) is 3.67. The van der Waals surface area contributed by atoms with E-state index in [0.29, 0.717) is 16.6 Å². The van der Waals surface area contributed by atoms with E-state index in [1.54, 1.807) is 36.5 Å². The van der Waals surface area contributed by atoms with E-state index < -0.39 is 11.9 Å². The molecule has 27 heavy (non-hydrogen) atoms. The van der Waals surface area contributed by atoms with Crippen molar-refractivity contribution in [2.24, 2.45) is 0 Å². The van der Waals surface area contributed by atoms with Crippen LogP contribution in [0.2, 0.25) is 0 Å². The van der Waals surface area contributed by atoms with Crippen molar-refractivity contribution in [2.45, 2.75) is 25.8 Å². The summed E-state index contributed by atoms with van der Waals surface area (Å²) >= 11 is 0. The quantitative estimate of drug-likeness (QED) is 0.747. The molecule has 2 aromatic carbocycles. The number of nitrogens with zero attached hydrogens (tertiary/aromatic N) is 1. The highest BCUT2D eigenvalue weighted by atomic mass is 16.4. The Hall–Kier alpha value is -3.41. The van der Waals surface area contributed by atoms with Gasteiger partial charge in [-0.2, -0.15) is 0 Å². The van der Waals surface area contributed by atoms with E-state index in [1.165, 1.54) is 0 Å². The third kappa shape index (κ3) is 3.10. The lowest BCUT2D eigenvalue weighted by molar-refractivity contribution is -0.136. The van der Waals surface area contributed by atoms with E-state index in [2.05, 4.69) is 5.32 Å². The fourth-order valence-electron chi connectivity index (χ4n) is 3.67. The Labute approximate surface area is 155 Å². The van der Waals surface area contributed by atoms with Crippen LogP contribution in [0.5, 0.6) is 0 Å². The first-order valence-corrected chi connectivity index (χ1v) is 8.80. The van der Waals surface area contributed by atoms with E-state index >= 15 is 0 Å². The lowest BCUT2D eigenvalue weighted by atomic mass is 9.99. The molecule has 0 atom stereocenters. The van der Waals surface area contributed by atoms with Gasteiger partial charge >= 0.3 is 5.97 Å². The van der Waals surface area contributed by atoms with Gasteiger partial charge in [-0.05, 0) is 36.1 Å². The summed E-state index contributed by atoms with van der Waals surface area (Å²) in [6.07, 6.45) is 3.28. The summed E-state index contributed by atoms with van der Waals surface area (Å²) in [6.45, 7) is 0.754. The molecule has 0 unspecified atom stereocenters. The molecule has 0 saturated heterocycles. The highest BCUT2D eigenvalue weighted by Gasteiger charge is 2.20. The van der Waals surface area contributed by atoms with Gasteiger partial charge < -0.3 is 15.0 Å². The molecule has 1 aromatic heterocycles. The molecule has 4 rings (SSSR count). The van der Waals surface area contributed by atoms with Crippen LogP contribution in [0.25, 0.3) is 10.9 Å². The van der Waals surface area contributed by atoms with Crippen LogP contribution < -0.4 is 10.7 Å². The number of pyridine rings is 1. The van der Waals surface area contributed by atoms with Gasteiger partial charge in [0.1, 0.15) is 5.56 Å². The van der Waals surface area contributed by atoms with Crippen LogP contribution in [0, 0.1) is 0 Å². The number of hydrogen-bond acceptors (Lipinski definition) is 3. The Morgan fingerprint density at radius 1 is 1.11 bits per heavy atom. The average molecular weight is 362 g/mol. The summed E-state index contributed by atoms with van der Waals surface area (Å²) < 4.78 is 1.97. The molecule has 0 aliphatic carbocycles. The number of carbonyl (C=O) groups excluding carboxylic acids is 1. The first kappa shape index (κ1) is 17.0. The number of carboxylic acids is 1. The monoisotopic (exact) mass is 362 g/mol. The minimum absolute atomic E-state index is 0.0617. The normalized spacial score (nSPS) is 12.7. The minimum Gasteiger partial charge on any atom is -0.481 e. The number of benzene rings is 2. The van der Waals surface area contributed by atoms with Crippen molar-refractivity contribution in [2.75, 3.05) is 5.32 Å². The molecule has 2 N–H and O–H groups in total. The maximum absolute atomic E-state index is 12.9. The number of aromatic nitrogens is 1. The summed E-state index contributed by atoms with van der Waals surface area (Å²) in [5, 5.41) is 12.3. The number of aryl methyl sites for hydroxylation is 2. The first-order valence-electron chi connectivity index (χ1n) is 8.80. The van der Waals surface area contributed by atoms with Crippen molar-refractivity contribution in [1.82, 2.24) is 4.57 Å². The summed E-state index contributed by atoms with van der Waals surface area (Å²) in [5.74, 6) is -1.51. The summed E-state index contributed by atoms with van der Waals surface area (Å²) in [4.78, 5) is 36.7. The molecule has 6 nitrogen and oxygen atoms in total. The van der Waals surface area contributed by atoms with Gasteiger partial charge in [0.15, 0.2) is 0 Å². The number of carboxylic acid groups (broad SMARTS) is 1. The molecule has 0 spiro atoms. The van der Waals surface area contributed by atoms with Gasteiger partial charge in [0.05, 0.1) is 11.9 Å². The zero-order chi connectivity index (χ0) is 19.0. The predicted molar refractivity (Wildman–Crippen MR) is 102 cm³/mol. The number of hydrogen-bond donors (Lipinski definition) is 2. The average Bonchev–Trinajstić information content (AvgIpc) is 2.65. The molecule has 6 heteroatoms. The van der Waals surface area contributed by atoms with Crippen molar-refractivity contribution in [3.8, 4) is 0 Å². The van der Waals surface area contributed by atoms with Crippen LogP contribution >= 0.6 is 0 Å². The maximum atomic E-state index is 12.9. The lowest BCUT2D eigenvalue weighted by Gasteiger charge is -2.20. The number of anilines is 1. The van der Waals surface area contributed by atoms with E-state index in [0.717, 1.165) is 30.5 Å². The second kappa shape index (κ2) is 6.72. The van der Waals surface area contributed by atoms with E-state index in [1.807, 2.05) is 16.7 Å². The zero-order valence-electron chi connectivity index (χ0n) is 14.6. The number of nitrogens with one attached hydrogen (secondary N) is 1. The maximum Gasteiger partial charge on any atom is 0.307 e. The molecule has 1 amide bonds. The summed E-state index contributed by atoms with van der Waals surface area (Å²) in [5.41, 5.74) is 2.66. The van der Waals surface area contributed by atoms with Gasteiger partial charge in [-0.1, -0.05) is 30.3 Å². The van der Waals surface area contributed by atoms with Crippen molar-refractivity contribution in [1.29, 1.82) is 0 Å². The van der Waals surface area contributed by atoms with E-state index in [9.17, 15) is 14.4 Å². The van der Waals surface area contributed by atoms with Crippen LogP contribution in [0.15, 0.2) is 53.5 Å². The van der Waals surface area contributed by atoms with Crippen LogP contribution in [-0.4, -0.2) is 21.6 Å². The molecule has 136 valence electrons. The molecule has 1 aliphatic rings. The zero-order valence-corrected chi connectivity index (χ0v) is 14.6. The van der Waals surface area contributed by atoms with Crippen molar-refractivity contribution >= 4 is 28.5 Å². The number of amides is 1. The molecule has 1 aliphatic heterocycles. The van der Waals surface area contributed by atoms with Crippen LogP contribution in [-0.2, 0) is 24.2 Å². The van der Waals surface area contributed by atoms with Gasteiger partial charge in [-0.15, -0.1) is 0 Å². The largest absolute Gasteiger partial charge is 0.481 e. The first-order chi connectivity index (χ1) is 13.0. The molecule has 0 fully saturated rings. The highest BCUT2D eigenvalue weighted by molar-refractivity contribution is 6.06. The standard InChI is InChI=1S/C21H18N2O4/c24-18(25)11-14-5-1-2-9-17(14)22-21(27)16-12-23-10-4-7-13-6-3-8-15(19(13)23)20(16)26/h1-3,5-6,8-9,12H,4,7,10-11H2,(H,22,27)(H,24,25). The lowest BCUT2D eigenvalue weighted by Crippen LogP contribution is -2.26. The molecule has 0 saturated carbocycles. The Morgan fingerprint density at radius 2 is 1.93 bits per heavy atom. The number of para-hydroxylation sites is 2. The number of carbonyl (C=O) groups is 2. The minimum atomic E-state index is -0.987. The van der Waals surface area contributed by atoms with Crippen LogP contribution in [0.3, 0.4) is 0 Å². The molecular weight excluding hydrogens is 344 g/mol. The summed E-state index contributed by atoms with van der Waals surface area (Å²) in [7, 11) is 0. The second-order valence-electron chi connectivity index (χ2n) is 6.66. The van der Waals surface area contributed by atoms with E-state index in [4.69, 9.17) is 5.11 Å². The second-order valence-corrected chi connectivity index (χ2v) is 6.66. The summed E-state index contributed by atoms with van der Waals surface area (Å²) in [6, 6.07) is 12.3. The number of rotatable bonds is 4. The van der Waals surface area contributed by atoms with Gasteiger partial charge in [0.2, 0.25) is 5.43 Å². The van der Waals surface area contributed by atoms with Crippen molar-refractivity contribution in [3.05, 3.63) is 75.6 Å². The van der Waals surface area contributed by atoms with Gasteiger partial charge in [-0.3, -0.25) is 14.4 Å². The highest BCUT2D eigenvalue weighted by Crippen LogP contribution is 2.24. The van der Waals surface area contributed by atoms with Gasteiger partial charge in [0, 0.05) is 23.8 Å². The molecule has 0 bridgehead atoms. The molecule has 0 radical (unpaired) electrons. The topological polar surface area (TPSA) is 88.4 Å². The van der Waals surface area contributed by atoms with E-state index in [-0.39, 0.29) is 17.4 Å². The molecular formula is C21H18N2O4. The van der Waals surface area contributed by atoms with Crippen LogP contribution in [0.4, 0.5) is 5.69 Å². The van der Waals surface area contributed by atoms with Gasteiger partial charge in [0.25, 0.3) is 5.91 Å². The number of aliphatic carboxylic acids is 1. The molecule has 2 heterocycles. The van der Waals surface area contributed by atoms with Gasteiger partial charge in [-0.25, -0.2) is 0 Å². The third-order valence-electron chi connectivity index (χ3n) is 4.88. The molecule has 3 aromatic rings. The Balaban J connectivity index is 1.76. The van der Waals surface area contributed by atoms with Crippen molar-refractivity contribution < 1.29 is 14.7 Å².